The second-order valence-corrected chi connectivity index (χ2v) is 6.80. The van der Waals surface area contributed by atoms with E-state index < -0.39 is 11.9 Å². The maximum atomic E-state index is 12.2. The van der Waals surface area contributed by atoms with Crippen LogP contribution in [0.4, 0.5) is 5.69 Å². The Bertz CT molecular complexity index is 791. The van der Waals surface area contributed by atoms with Gasteiger partial charge in [0.05, 0.1) is 24.5 Å². The Kier molecular flexibility index (Phi) is 7.26. The molecule has 0 saturated heterocycles. The van der Waals surface area contributed by atoms with Crippen LogP contribution >= 0.6 is 22.6 Å². The van der Waals surface area contributed by atoms with Crippen LogP contribution in [0.2, 0.25) is 0 Å². The summed E-state index contributed by atoms with van der Waals surface area (Å²) in [7, 11) is 1.49. The quantitative estimate of drug-likeness (QED) is 0.492. The Hall–Kier alpha value is -2.29. The molecule has 0 unspecified atom stereocenters. The van der Waals surface area contributed by atoms with E-state index >= 15 is 0 Å². The summed E-state index contributed by atoms with van der Waals surface area (Å²) in [5.74, 6) is -0.0571. The fraction of sp³-hybridized carbons (Fsp3) is 0.263. The van der Waals surface area contributed by atoms with E-state index in [1.54, 1.807) is 18.2 Å². The molecule has 0 spiro atoms. The first-order chi connectivity index (χ1) is 12.4. The second kappa shape index (κ2) is 9.42. The van der Waals surface area contributed by atoms with Gasteiger partial charge in [-0.1, -0.05) is 12.1 Å². The molecule has 26 heavy (non-hydrogen) atoms. The van der Waals surface area contributed by atoms with Crippen molar-refractivity contribution in [1.82, 2.24) is 0 Å². The summed E-state index contributed by atoms with van der Waals surface area (Å²) in [6.45, 7) is 3.42. The van der Waals surface area contributed by atoms with Gasteiger partial charge in [0.1, 0.15) is 0 Å². The summed E-state index contributed by atoms with van der Waals surface area (Å²) >= 11 is 2.12. The molecule has 7 heteroatoms. The molecule has 0 aromatic heterocycles. The third-order valence-electron chi connectivity index (χ3n) is 3.24. The molecule has 0 aliphatic rings. The number of carbonyl (C=O) groups excluding carboxylic acids is 2. The van der Waals surface area contributed by atoms with Crippen LogP contribution in [0.5, 0.6) is 11.5 Å². The van der Waals surface area contributed by atoms with Gasteiger partial charge in [0, 0.05) is 3.57 Å². The predicted molar refractivity (Wildman–Crippen MR) is 107 cm³/mol. The standard InChI is InChI=1S/C19H20INO5/c1-12(2)26-16-9-8-13(10-17(16)24-3)19(23)25-11-18(22)21-15-7-5-4-6-14(15)20/h4-10,12H,11H2,1-3H3,(H,21,22). The smallest absolute Gasteiger partial charge is 0.338 e. The largest absolute Gasteiger partial charge is 0.493 e. The topological polar surface area (TPSA) is 73.9 Å². The molecule has 0 aliphatic carbocycles. The lowest BCUT2D eigenvalue weighted by Crippen LogP contribution is -2.21. The molecule has 2 aromatic rings. The number of hydrogen-bond donors (Lipinski definition) is 1. The van der Waals surface area contributed by atoms with Crippen molar-refractivity contribution in [3.63, 3.8) is 0 Å². The first-order valence-corrected chi connectivity index (χ1v) is 9.04. The van der Waals surface area contributed by atoms with E-state index in [2.05, 4.69) is 27.9 Å². The Morgan fingerprint density at radius 1 is 1.12 bits per heavy atom. The molecule has 0 bridgehead atoms. The third-order valence-corrected chi connectivity index (χ3v) is 4.18. The molecular weight excluding hydrogens is 449 g/mol. The van der Waals surface area contributed by atoms with Crippen molar-refractivity contribution in [1.29, 1.82) is 0 Å². The number of ether oxygens (including phenoxy) is 3. The summed E-state index contributed by atoms with van der Waals surface area (Å²) in [6.07, 6.45) is -0.0221. The Balaban J connectivity index is 1.97. The van der Waals surface area contributed by atoms with Gasteiger partial charge in [0.15, 0.2) is 18.1 Å². The maximum absolute atomic E-state index is 12.2. The van der Waals surface area contributed by atoms with Crippen molar-refractivity contribution >= 4 is 40.2 Å². The SMILES string of the molecule is COc1cc(C(=O)OCC(=O)Nc2ccccc2I)ccc1OC(C)C. The fourth-order valence-corrected chi connectivity index (χ4v) is 2.63. The summed E-state index contributed by atoms with van der Waals surface area (Å²) < 4.78 is 16.8. The van der Waals surface area contributed by atoms with E-state index in [1.165, 1.54) is 13.2 Å². The van der Waals surface area contributed by atoms with Gasteiger partial charge in [-0.3, -0.25) is 4.79 Å². The lowest BCUT2D eigenvalue weighted by atomic mass is 10.2. The summed E-state index contributed by atoms with van der Waals surface area (Å²) in [4.78, 5) is 24.1. The van der Waals surface area contributed by atoms with Gasteiger partial charge in [-0.15, -0.1) is 0 Å². The van der Waals surface area contributed by atoms with Crippen LogP contribution in [0, 0.1) is 3.57 Å². The first kappa shape index (κ1) is 20.0. The van der Waals surface area contributed by atoms with E-state index in [-0.39, 0.29) is 18.3 Å². The second-order valence-electron chi connectivity index (χ2n) is 5.64. The average Bonchev–Trinajstić information content (AvgIpc) is 2.61. The molecule has 2 aromatic carbocycles. The van der Waals surface area contributed by atoms with E-state index in [9.17, 15) is 9.59 Å². The molecule has 0 aliphatic heterocycles. The third kappa shape index (κ3) is 5.62. The van der Waals surface area contributed by atoms with Gasteiger partial charge in [-0.05, 0) is 66.8 Å². The van der Waals surface area contributed by atoms with Crippen molar-refractivity contribution in [3.8, 4) is 11.5 Å². The number of carbonyl (C=O) groups is 2. The number of para-hydroxylation sites is 1. The number of methoxy groups -OCH3 is 1. The molecule has 1 N–H and O–H groups in total. The zero-order valence-corrected chi connectivity index (χ0v) is 16.9. The molecule has 138 valence electrons. The van der Waals surface area contributed by atoms with Crippen LogP contribution < -0.4 is 14.8 Å². The van der Waals surface area contributed by atoms with Crippen molar-refractivity contribution in [2.75, 3.05) is 19.0 Å². The highest BCUT2D eigenvalue weighted by molar-refractivity contribution is 14.1. The van der Waals surface area contributed by atoms with E-state index in [0.717, 1.165) is 3.57 Å². The fourth-order valence-electron chi connectivity index (χ4n) is 2.11. The molecule has 0 atom stereocenters. The molecule has 2 rings (SSSR count). The minimum Gasteiger partial charge on any atom is -0.493 e. The van der Waals surface area contributed by atoms with Gasteiger partial charge >= 0.3 is 5.97 Å². The number of nitrogens with one attached hydrogen (secondary N) is 1. The van der Waals surface area contributed by atoms with Crippen molar-refractivity contribution in [3.05, 3.63) is 51.6 Å². The summed E-state index contributed by atoms with van der Waals surface area (Å²) in [5.41, 5.74) is 0.950. The van der Waals surface area contributed by atoms with Crippen molar-refractivity contribution in [2.24, 2.45) is 0 Å². The van der Waals surface area contributed by atoms with E-state index in [0.29, 0.717) is 17.2 Å². The van der Waals surface area contributed by atoms with Crippen LogP contribution in [0.15, 0.2) is 42.5 Å². The number of halogens is 1. The Labute approximate surface area is 166 Å². The first-order valence-electron chi connectivity index (χ1n) is 7.97. The van der Waals surface area contributed by atoms with Crippen molar-refractivity contribution < 1.29 is 23.8 Å². The van der Waals surface area contributed by atoms with Crippen LogP contribution in [0.3, 0.4) is 0 Å². The van der Waals surface area contributed by atoms with Gasteiger partial charge in [-0.2, -0.15) is 0 Å². The van der Waals surface area contributed by atoms with Gasteiger partial charge in [0.25, 0.3) is 5.91 Å². The minimum absolute atomic E-state index is 0.0221. The van der Waals surface area contributed by atoms with Crippen LogP contribution in [0.1, 0.15) is 24.2 Å². The molecule has 0 saturated carbocycles. The molecule has 1 amide bonds. The summed E-state index contributed by atoms with van der Waals surface area (Å²) in [6, 6.07) is 12.1. The average molecular weight is 469 g/mol. The maximum Gasteiger partial charge on any atom is 0.338 e. The number of benzene rings is 2. The van der Waals surface area contributed by atoms with Gasteiger partial charge < -0.3 is 19.5 Å². The lowest BCUT2D eigenvalue weighted by molar-refractivity contribution is -0.119. The van der Waals surface area contributed by atoms with E-state index in [4.69, 9.17) is 14.2 Å². The van der Waals surface area contributed by atoms with Crippen LogP contribution in [-0.4, -0.2) is 31.7 Å². The molecule has 0 radical (unpaired) electrons. The highest BCUT2D eigenvalue weighted by Gasteiger charge is 2.15. The zero-order chi connectivity index (χ0) is 19.1. The lowest BCUT2D eigenvalue weighted by Gasteiger charge is -2.14. The highest BCUT2D eigenvalue weighted by Crippen LogP contribution is 2.29. The number of amides is 1. The predicted octanol–water partition coefficient (Wildman–Crippen LogP) is 3.88. The molecular formula is C19H20INO5. The number of esters is 1. The molecule has 0 fully saturated rings. The number of anilines is 1. The Morgan fingerprint density at radius 3 is 2.50 bits per heavy atom. The number of rotatable bonds is 7. The zero-order valence-electron chi connectivity index (χ0n) is 14.7. The summed E-state index contributed by atoms with van der Waals surface area (Å²) in [5, 5.41) is 2.70. The van der Waals surface area contributed by atoms with E-state index in [1.807, 2.05) is 32.0 Å². The highest BCUT2D eigenvalue weighted by atomic mass is 127. The molecule has 6 nitrogen and oxygen atoms in total. The van der Waals surface area contributed by atoms with Gasteiger partial charge in [0.2, 0.25) is 0 Å². The Morgan fingerprint density at radius 2 is 1.85 bits per heavy atom. The van der Waals surface area contributed by atoms with Crippen LogP contribution in [-0.2, 0) is 9.53 Å². The monoisotopic (exact) mass is 469 g/mol. The normalized spacial score (nSPS) is 10.3. The number of hydrogen-bond acceptors (Lipinski definition) is 5. The molecule has 0 heterocycles. The minimum atomic E-state index is -0.614. The van der Waals surface area contributed by atoms with Gasteiger partial charge in [-0.25, -0.2) is 4.79 Å². The van der Waals surface area contributed by atoms with Crippen molar-refractivity contribution in [2.45, 2.75) is 20.0 Å². The van der Waals surface area contributed by atoms with Crippen LogP contribution in [0.25, 0.3) is 0 Å².